The van der Waals surface area contributed by atoms with Crippen molar-refractivity contribution in [2.45, 2.75) is 17.7 Å². The summed E-state index contributed by atoms with van der Waals surface area (Å²) in [4.78, 5) is 8.32. The molecule has 0 bridgehead atoms. The van der Waals surface area contributed by atoms with Gasteiger partial charge in [-0.3, -0.25) is 0 Å². The minimum absolute atomic E-state index is 0.658. The number of aryl methyl sites for hydroxylation is 1. The highest BCUT2D eigenvalue weighted by Gasteiger charge is 2.10. The Bertz CT molecular complexity index is 641. The second-order valence-corrected chi connectivity index (χ2v) is 6.93. The molecular formula is C17H22ClN3S. The Kier molecular flexibility index (Phi) is 5.58. The molecule has 0 unspecified atom stereocenters. The third-order valence-corrected chi connectivity index (χ3v) is 5.23. The number of nitrogens with one attached hydrogen (secondary N) is 1. The second kappa shape index (κ2) is 7.64. The molecule has 1 saturated heterocycles. The Hall–Kier alpha value is -0.810. The van der Waals surface area contributed by atoms with Crippen LogP contribution in [0, 0.1) is 0 Å². The fourth-order valence-electron chi connectivity index (χ4n) is 2.90. The van der Waals surface area contributed by atoms with Gasteiger partial charge in [-0.05, 0) is 49.4 Å². The van der Waals surface area contributed by atoms with Gasteiger partial charge in [0.25, 0.3) is 0 Å². The lowest BCUT2D eigenvalue weighted by atomic mass is 10.1. The van der Waals surface area contributed by atoms with E-state index in [2.05, 4.69) is 45.7 Å². The van der Waals surface area contributed by atoms with E-state index in [1.165, 1.54) is 15.8 Å². The first-order valence-corrected chi connectivity index (χ1v) is 9.43. The van der Waals surface area contributed by atoms with Gasteiger partial charge in [0.2, 0.25) is 0 Å². The van der Waals surface area contributed by atoms with Crippen LogP contribution >= 0.6 is 23.4 Å². The van der Waals surface area contributed by atoms with Crippen LogP contribution in [0.1, 0.15) is 12.0 Å². The van der Waals surface area contributed by atoms with Crippen LogP contribution in [-0.4, -0.2) is 48.9 Å². The largest absolute Gasteiger partial charge is 0.314 e. The number of pyridine rings is 1. The molecule has 2 aromatic rings. The predicted octanol–water partition coefficient (Wildman–Crippen LogP) is 3.45. The van der Waals surface area contributed by atoms with Crippen LogP contribution in [0.25, 0.3) is 10.9 Å². The fourth-order valence-corrected chi connectivity index (χ4v) is 3.57. The molecule has 0 radical (unpaired) electrons. The Morgan fingerprint density at radius 3 is 2.86 bits per heavy atom. The molecule has 0 aliphatic carbocycles. The van der Waals surface area contributed by atoms with E-state index in [-0.39, 0.29) is 0 Å². The van der Waals surface area contributed by atoms with Crippen LogP contribution < -0.4 is 5.32 Å². The zero-order valence-electron chi connectivity index (χ0n) is 12.9. The van der Waals surface area contributed by atoms with Gasteiger partial charge in [0.1, 0.15) is 5.15 Å². The first-order valence-electron chi connectivity index (χ1n) is 7.82. The van der Waals surface area contributed by atoms with Crippen molar-refractivity contribution in [3.63, 3.8) is 0 Å². The van der Waals surface area contributed by atoms with Crippen molar-refractivity contribution in [3.8, 4) is 0 Å². The number of piperazine rings is 1. The number of hydrogen-bond donors (Lipinski definition) is 1. The number of hydrogen-bond acceptors (Lipinski definition) is 4. The molecule has 1 aromatic heterocycles. The first-order chi connectivity index (χ1) is 10.8. The average Bonchev–Trinajstić information content (AvgIpc) is 2.56. The van der Waals surface area contributed by atoms with Crippen molar-refractivity contribution in [1.29, 1.82) is 0 Å². The summed E-state index contributed by atoms with van der Waals surface area (Å²) in [6, 6.07) is 8.60. The SMILES string of the molecule is CSc1ccc2cc(CCCN3CCNCC3)c(Cl)nc2c1. The van der Waals surface area contributed by atoms with E-state index < -0.39 is 0 Å². The van der Waals surface area contributed by atoms with Crippen LogP contribution in [0.3, 0.4) is 0 Å². The molecular weight excluding hydrogens is 314 g/mol. The molecule has 22 heavy (non-hydrogen) atoms. The summed E-state index contributed by atoms with van der Waals surface area (Å²) in [5, 5.41) is 5.23. The maximum atomic E-state index is 6.38. The molecule has 1 fully saturated rings. The minimum atomic E-state index is 0.658. The van der Waals surface area contributed by atoms with Crippen molar-refractivity contribution in [3.05, 3.63) is 35.0 Å². The number of thioether (sulfide) groups is 1. The van der Waals surface area contributed by atoms with Gasteiger partial charge in [-0.1, -0.05) is 17.7 Å². The summed E-state index contributed by atoms with van der Waals surface area (Å²) in [6.45, 7) is 5.66. The number of halogens is 1. The third kappa shape index (κ3) is 3.93. The fraction of sp³-hybridized carbons (Fsp3) is 0.471. The third-order valence-electron chi connectivity index (χ3n) is 4.18. The van der Waals surface area contributed by atoms with Crippen LogP contribution in [-0.2, 0) is 6.42 Å². The van der Waals surface area contributed by atoms with E-state index in [9.17, 15) is 0 Å². The molecule has 1 aliphatic rings. The summed E-state index contributed by atoms with van der Waals surface area (Å²) in [6.07, 6.45) is 4.21. The van der Waals surface area contributed by atoms with Gasteiger partial charge in [0.05, 0.1) is 5.52 Å². The van der Waals surface area contributed by atoms with Crippen molar-refractivity contribution in [2.75, 3.05) is 39.0 Å². The summed E-state index contributed by atoms with van der Waals surface area (Å²) in [5.74, 6) is 0. The maximum absolute atomic E-state index is 6.38. The highest BCUT2D eigenvalue weighted by molar-refractivity contribution is 7.98. The molecule has 0 saturated carbocycles. The molecule has 0 amide bonds. The average molecular weight is 336 g/mol. The molecule has 1 aliphatic heterocycles. The molecule has 118 valence electrons. The highest BCUT2D eigenvalue weighted by atomic mass is 35.5. The normalized spacial score (nSPS) is 16.3. The Morgan fingerprint density at radius 1 is 1.27 bits per heavy atom. The minimum Gasteiger partial charge on any atom is -0.314 e. The number of rotatable bonds is 5. The summed E-state index contributed by atoms with van der Waals surface area (Å²) in [5.41, 5.74) is 2.16. The number of fused-ring (bicyclic) bond motifs is 1. The number of aromatic nitrogens is 1. The van der Waals surface area contributed by atoms with Crippen molar-refractivity contribution in [2.24, 2.45) is 0 Å². The van der Waals surface area contributed by atoms with Gasteiger partial charge in [0.15, 0.2) is 0 Å². The van der Waals surface area contributed by atoms with Crippen LogP contribution in [0.15, 0.2) is 29.2 Å². The molecule has 3 rings (SSSR count). The quantitative estimate of drug-likeness (QED) is 0.669. The zero-order valence-corrected chi connectivity index (χ0v) is 14.5. The van der Waals surface area contributed by atoms with Crippen molar-refractivity contribution >= 4 is 34.3 Å². The van der Waals surface area contributed by atoms with Crippen molar-refractivity contribution < 1.29 is 0 Å². The lowest BCUT2D eigenvalue weighted by molar-refractivity contribution is 0.238. The maximum Gasteiger partial charge on any atom is 0.132 e. The monoisotopic (exact) mass is 335 g/mol. The number of benzene rings is 1. The van der Waals surface area contributed by atoms with Crippen LogP contribution in [0.4, 0.5) is 0 Å². The zero-order chi connectivity index (χ0) is 15.4. The molecule has 1 N–H and O–H groups in total. The summed E-state index contributed by atoms with van der Waals surface area (Å²) < 4.78 is 0. The van der Waals surface area contributed by atoms with Crippen LogP contribution in [0.2, 0.25) is 5.15 Å². The van der Waals surface area contributed by atoms with E-state index in [1.54, 1.807) is 11.8 Å². The van der Waals surface area contributed by atoms with Gasteiger partial charge < -0.3 is 10.2 Å². The topological polar surface area (TPSA) is 28.2 Å². The lowest BCUT2D eigenvalue weighted by Crippen LogP contribution is -2.43. The first kappa shape index (κ1) is 16.1. The molecule has 0 spiro atoms. The molecule has 2 heterocycles. The second-order valence-electron chi connectivity index (χ2n) is 5.69. The number of nitrogens with zero attached hydrogens (tertiary/aromatic N) is 2. The van der Waals surface area contributed by atoms with Gasteiger partial charge in [0, 0.05) is 36.5 Å². The van der Waals surface area contributed by atoms with E-state index in [1.807, 2.05) is 0 Å². The Labute approximate surface area is 141 Å². The van der Waals surface area contributed by atoms with Gasteiger partial charge in [-0.15, -0.1) is 11.8 Å². The summed E-state index contributed by atoms with van der Waals surface area (Å²) >= 11 is 8.11. The highest BCUT2D eigenvalue weighted by Crippen LogP contribution is 2.25. The molecule has 5 heteroatoms. The van der Waals surface area contributed by atoms with Gasteiger partial charge in [-0.2, -0.15) is 0 Å². The summed E-state index contributed by atoms with van der Waals surface area (Å²) in [7, 11) is 0. The molecule has 0 atom stereocenters. The standard InChI is InChI=1S/C17H22ClN3S/c1-22-15-5-4-13-11-14(17(18)20-16(13)12-15)3-2-8-21-9-6-19-7-10-21/h4-5,11-12,19H,2-3,6-10H2,1H3. The van der Waals surface area contributed by atoms with Crippen LogP contribution in [0.5, 0.6) is 0 Å². The van der Waals surface area contributed by atoms with Crippen molar-refractivity contribution in [1.82, 2.24) is 15.2 Å². The lowest BCUT2D eigenvalue weighted by Gasteiger charge is -2.27. The van der Waals surface area contributed by atoms with E-state index in [0.717, 1.165) is 51.1 Å². The van der Waals surface area contributed by atoms with Gasteiger partial charge >= 0.3 is 0 Å². The van der Waals surface area contributed by atoms with Gasteiger partial charge in [-0.25, -0.2) is 4.98 Å². The Morgan fingerprint density at radius 2 is 2.09 bits per heavy atom. The smallest absolute Gasteiger partial charge is 0.132 e. The van der Waals surface area contributed by atoms with E-state index >= 15 is 0 Å². The molecule has 1 aromatic carbocycles. The van der Waals surface area contributed by atoms with E-state index in [0.29, 0.717) is 5.15 Å². The molecule has 3 nitrogen and oxygen atoms in total. The predicted molar refractivity (Wildman–Crippen MR) is 96.2 cm³/mol. The van der Waals surface area contributed by atoms with E-state index in [4.69, 9.17) is 11.6 Å². The Balaban J connectivity index is 1.66.